The van der Waals surface area contributed by atoms with Gasteiger partial charge in [-0.15, -0.1) is 0 Å². The molecule has 3 aliphatic rings. The molecule has 1 heterocycles. The number of Topliss-reactive ketones (excluding diaryl/α,β-unsaturated/α-hetero) is 1. The van der Waals surface area contributed by atoms with Crippen LogP contribution in [0.2, 0.25) is 0 Å². The minimum absolute atomic E-state index is 0.00998. The molecule has 0 aromatic heterocycles. The highest BCUT2D eigenvalue weighted by atomic mass is 32.2. The zero-order valence-electron chi connectivity index (χ0n) is 24.2. The number of benzene rings is 2. The summed E-state index contributed by atoms with van der Waals surface area (Å²) in [5.41, 5.74) is 2.12. The molecule has 0 spiro atoms. The van der Waals surface area contributed by atoms with Crippen molar-refractivity contribution < 1.29 is 27.9 Å². The van der Waals surface area contributed by atoms with E-state index in [9.17, 15) is 18.4 Å². The van der Waals surface area contributed by atoms with E-state index in [2.05, 4.69) is 5.16 Å². The van der Waals surface area contributed by atoms with Crippen molar-refractivity contribution in [3.63, 3.8) is 0 Å². The third-order valence-corrected chi connectivity index (χ3v) is 10.8. The SMILES string of the molecule is CC1=C(C(=O)C[C@@]2(C)C=C(CS(=O)(=O)c3ccccc3)CC[C@@H]2OCc2ccccc2)C(C)(C)[C@H]2C[C@@H]1O/C2=N\O. The van der Waals surface area contributed by atoms with Gasteiger partial charge in [0.1, 0.15) is 6.10 Å². The van der Waals surface area contributed by atoms with Gasteiger partial charge in [-0.25, -0.2) is 8.42 Å². The molecule has 2 aromatic rings. The standard InChI is InChI=1S/C33H39NO6S/c1-22-28-17-26(31(34-36)40-28)32(2,3)30(22)27(35)19-33(4)18-24(21-41(37,38)25-13-9-6-10-14-25)15-16-29(33)39-20-23-11-7-5-8-12-23/h5-14,18,26,28-29,36H,15-17,19-21H2,1-4H3/b34-31-/t26-,28-,29-,33+/m0/s1. The second kappa shape index (κ2) is 11.2. The number of carbonyl (C=O) groups is 1. The molecule has 1 saturated heterocycles. The van der Waals surface area contributed by atoms with E-state index in [0.29, 0.717) is 36.3 Å². The van der Waals surface area contributed by atoms with Crippen molar-refractivity contribution in [1.29, 1.82) is 0 Å². The molecule has 4 atom stereocenters. The van der Waals surface area contributed by atoms with Gasteiger partial charge in [0.05, 0.1) is 29.3 Å². The lowest BCUT2D eigenvalue weighted by Gasteiger charge is -2.42. The molecule has 5 rings (SSSR count). The fourth-order valence-corrected chi connectivity index (χ4v) is 8.42. The lowest BCUT2D eigenvalue weighted by molar-refractivity contribution is -0.121. The Morgan fingerprint density at radius 2 is 1.73 bits per heavy atom. The number of ether oxygens (including phenoxy) is 2. The Morgan fingerprint density at radius 1 is 1.07 bits per heavy atom. The first-order valence-corrected chi connectivity index (χ1v) is 15.9. The van der Waals surface area contributed by atoms with E-state index in [1.807, 2.05) is 64.1 Å². The highest BCUT2D eigenvalue weighted by Crippen LogP contribution is 2.52. The van der Waals surface area contributed by atoms with Gasteiger partial charge in [-0.1, -0.05) is 86.1 Å². The van der Waals surface area contributed by atoms with E-state index in [0.717, 1.165) is 16.7 Å². The number of hydrogen-bond acceptors (Lipinski definition) is 7. The van der Waals surface area contributed by atoms with Crippen LogP contribution in [0.3, 0.4) is 0 Å². The molecule has 0 unspecified atom stereocenters. The Hall–Kier alpha value is -3.23. The molecule has 8 heteroatoms. The number of rotatable bonds is 9. The first-order valence-electron chi connectivity index (χ1n) is 14.2. The highest BCUT2D eigenvalue weighted by molar-refractivity contribution is 7.91. The minimum Gasteiger partial charge on any atom is -0.471 e. The lowest BCUT2D eigenvalue weighted by atomic mass is 9.62. The van der Waals surface area contributed by atoms with Gasteiger partial charge in [0.2, 0.25) is 5.90 Å². The van der Waals surface area contributed by atoms with Crippen molar-refractivity contribution in [3.05, 3.63) is 89.0 Å². The topological polar surface area (TPSA) is 102 Å². The molecule has 0 amide bonds. The molecule has 0 radical (unpaired) electrons. The van der Waals surface area contributed by atoms with Crippen molar-refractivity contribution in [2.75, 3.05) is 5.75 Å². The van der Waals surface area contributed by atoms with Crippen LogP contribution in [0, 0.1) is 16.7 Å². The molecular weight excluding hydrogens is 538 g/mol. The van der Waals surface area contributed by atoms with Crippen molar-refractivity contribution in [3.8, 4) is 0 Å². The van der Waals surface area contributed by atoms with Crippen molar-refractivity contribution in [1.82, 2.24) is 0 Å². The molecule has 2 aromatic carbocycles. The second-order valence-corrected chi connectivity index (χ2v) is 14.4. The number of hydrogen-bond donors (Lipinski definition) is 1. The average molecular weight is 578 g/mol. The number of allylic oxidation sites excluding steroid dienone is 1. The third kappa shape index (κ3) is 5.77. The minimum atomic E-state index is -3.53. The summed E-state index contributed by atoms with van der Waals surface area (Å²) in [6.45, 7) is 8.35. The molecule has 1 N–H and O–H groups in total. The van der Waals surface area contributed by atoms with Crippen LogP contribution in [0.1, 0.15) is 58.9 Å². The molecule has 41 heavy (non-hydrogen) atoms. The molecule has 0 saturated carbocycles. The van der Waals surface area contributed by atoms with Crippen LogP contribution in [0.25, 0.3) is 0 Å². The maximum absolute atomic E-state index is 14.2. The van der Waals surface area contributed by atoms with Gasteiger partial charge >= 0.3 is 0 Å². The summed E-state index contributed by atoms with van der Waals surface area (Å²) in [4.78, 5) is 14.5. The van der Waals surface area contributed by atoms with Crippen LogP contribution in [0.5, 0.6) is 0 Å². The van der Waals surface area contributed by atoms with E-state index in [4.69, 9.17) is 9.47 Å². The van der Waals surface area contributed by atoms with Gasteiger partial charge in [0.15, 0.2) is 15.6 Å². The normalized spacial score (nSPS) is 28.3. The quantitative estimate of drug-likeness (QED) is 0.214. The van der Waals surface area contributed by atoms with Crippen LogP contribution in [0.15, 0.2) is 93.5 Å². The largest absolute Gasteiger partial charge is 0.471 e. The maximum atomic E-state index is 14.2. The average Bonchev–Trinajstić information content (AvgIpc) is 3.36. The highest BCUT2D eigenvalue weighted by Gasteiger charge is 2.53. The number of carbonyl (C=O) groups excluding carboxylic acids is 1. The Morgan fingerprint density at radius 3 is 2.39 bits per heavy atom. The molecule has 218 valence electrons. The number of sulfone groups is 1. The summed E-state index contributed by atoms with van der Waals surface area (Å²) < 4.78 is 38.8. The van der Waals surface area contributed by atoms with Crippen molar-refractivity contribution >= 4 is 21.5 Å². The summed E-state index contributed by atoms with van der Waals surface area (Å²) in [6, 6.07) is 18.4. The molecule has 7 nitrogen and oxygen atoms in total. The molecule has 2 bridgehead atoms. The fourth-order valence-electron chi connectivity index (χ4n) is 6.97. The predicted molar refractivity (Wildman–Crippen MR) is 157 cm³/mol. The Kier molecular flexibility index (Phi) is 8.01. The van der Waals surface area contributed by atoms with E-state index in [-0.39, 0.29) is 42.0 Å². The predicted octanol–water partition coefficient (Wildman–Crippen LogP) is 6.28. The number of nitrogens with zero attached hydrogens (tertiary/aromatic N) is 1. The number of oxime groups is 1. The molecule has 2 aliphatic carbocycles. The maximum Gasteiger partial charge on any atom is 0.230 e. The van der Waals surface area contributed by atoms with Crippen LogP contribution in [-0.2, 0) is 30.7 Å². The van der Waals surface area contributed by atoms with Crippen molar-refractivity contribution in [2.24, 2.45) is 21.9 Å². The summed E-state index contributed by atoms with van der Waals surface area (Å²) in [5, 5.41) is 12.9. The van der Waals surface area contributed by atoms with Gasteiger partial charge in [0.25, 0.3) is 0 Å². The summed E-state index contributed by atoms with van der Waals surface area (Å²) in [6.07, 6.45) is 3.47. The lowest BCUT2D eigenvalue weighted by Crippen LogP contribution is -2.42. The van der Waals surface area contributed by atoms with Crippen LogP contribution >= 0.6 is 0 Å². The van der Waals surface area contributed by atoms with Crippen molar-refractivity contribution in [2.45, 2.75) is 77.1 Å². The second-order valence-electron chi connectivity index (χ2n) is 12.4. The smallest absolute Gasteiger partial charge is 0.230 e. The van der Waals surface area contributed by atoms with Crippen LogP contribution in [0.4, 0.5) is 0 Å². The van der Waals surface area contributed by atoms with E-state index in [1.54, 1.807) is 30.3 Å². The van der Waals surface area contributed by atoms with Gasteiger partial charge in [-0.05, 0) is 43.0 Å². The summed E-state index contributed by atoms with van der Waals surface area (Å²) >= 11 is 0. The van der Waals surface area contributed by atoms with Gasteiger partial charge in [-0.2, -0.15) is 0 Å². The molecular formula is C33H39NO6S. The Balaban J connectivity index is 1.46. The molecule has 1 aliphatic heterocycles. The van der Waals surface area contributed by atoms with Gasteiger partial charge in [-0.3, -0.25) is 4.79 Å². The number of fused-ring (bicyclic) bond motifs is 2. The first-order chi connectivity index (χ1) is 19.4. The Bertz CT molecular complexity index is 1490. The third-order valence-electron chi connectivity index (χ3n) is 9.09. The zero-order valence-corrected chi connectivity index (χ0v) is 25.0. The monoisotopic (exact) mass is 577 g/mol. The van der Waals surface area contributed by atoms with Crippen LogP contribution < -0.4 is 0 Å². The van der Waals surface area contributed by atoms with Gasteiger partial charge < -0.3 is 14.7 Å². The van der Waals surface area contributed by atoms with E-state index in [1.165, 1.54) is 0 Å². The zero-order chi connectivity index (χ0) is 29.4. The van der Waals surface area contributed by atoms with E-state index < -0.39 is 20.7 Å². The summed E-state index contributed by atoms with van der Waals surface area (Å²) in [7, 11) is -3.53. The molecule has 1 fully saturated rings. The summed E-state index contributed by atoms with van der Waals surface area (Å²) in [5.74, 6) is -0.00699. The van der Waals surface area contributed by atoms with E-state index >= 15 is 0 Å². The first kappa shape index (κ1) is 29.3. The van der Waals surface area contributed by atoms with Crippen LogP contribution in [-0.4, -0.2) is 43.3 Å². The Labute approximate surface area is 242 Å². The van der Waals surface area contributed by atoms with Gasteiger partial charge in [0, 0.05) is 29.2 Å². The number of ketones is 1. The fraction of sp³-hybridized carbons (Fsp3) is 0.455.